The van der Waals surface area contributed by atoms with E-state index in [0.29, 0.717) is 17.2 Å². The van der Waals surface area contributed by atoms with E-state index in [0.717, 1.165) is 0 Å². The van der Waals surface area contributed by atoms with Crippen LogP contribution in [0.15, 0.2) is 70.9 Å². The van der Waals surface area contributed by atoms with Crippen molar-refractivity contribution < 1.29 is 33.5 Å². The normalized spacial score (nSPS) is 18.9. The van der Waals surface area contributed by atoms with E-state index in [-0.39, 0.29) is 29.4 Å². The number of aliphatic hydroxyl groups is 1. The maximum absolute atomic E-state index is 13.0. The number of amides is 1. The first-order valence-electron chi connectivity index (χ1n) is 9.44. The molecular weight excluding hydrogens is 420 g/mol. The third-order valence-corrected chi connectivity index (χ3v) is 5.24. The molecule has 3 heterocycles. The number of furan rings is 1. The highest BCUT2D eigenvalue weighted by atomic mass is 16.7. The molecule has 1 fully saturated rings. The fourth-order valence-electron chi connectivity index (χ4n) is 3.75. The number of aliphatic hydroxyl groups excluding tert-OH is 1. The van der Waals surface area contributed by atoms with E-state index >= 15 is 0 Å². The van der Waals surface area contributed by atoms with Gasteiger partial charge in [0.1, 0.15) is 17.6 Å². The summed E-state index contributed by atoms with van der Waals surface area (Å²) in [5.41, 5.74) is 0.123. The van der Waals surface area contributed by atoms with Crippen LogP contribution >= 0.6 is 0 Å². The number of nitro groups is 1. The molecule has 0 aliphatic carbocycles. The molecule has 160 valence electrons. The van der Waals surface area contributed by atoms with Gasteiger partial charge in [-0.3, -0.25) is 24.6 Å². The fraction of sp³-hybridized carbons (Fsp3) is 0.0909. The van der Waals surface area contributed by atoms with Crippen molar-refractivity contribution in [2.45, 2.75) is 6.04 Å². The minimum Gasteiger partial charge on any atom is -0.507 e. The summed E-state index contributed by atoms with van der Waals surface area (Å²) in [6.45, 7) is 0.0410. The summed E-state index contributed by atoms with van der Waals surface area (Å²) in [7, 11) is 0. The van der Waals surface area contributed by atoms with Gasteiger partial charge in [-0.05, 0) is 36.4 Å². The maximum Gasteiger partial charge on any atom is 0.300 e. The van der Waals surface area contributed by atoms with Crippen LogP contribution in [0.3, 0.4) is 0 Å². The summed E-state index contributed by atoms with van der Waals surface area (Å²) < 4.78 is 16.2. The monoisotopic (exact) mass is 434 g/mol. The molecule has 1 saturated heterocycles. The Labute approximate surface area is 180 Å². The van der Waals surface area contributed by atoms with Gasteiger partial charge >= 0.3 is 0 Å². The molecule has 1 aromatic heterocycles. The zero-order chi connectivity index (χ0) is 22.4. The first-order valence-corrected chi connectivity index (χ1v) is 9.44. The van der Waals surface area contributed by atoms with Crippen LogP contribution in [-0.2, 0) is 9.59 Å². The number of nitro benzene ring substituents is 1. The number of carbonyl (C=O) groups excluding carboxylic acids is 2. The van der Waals surface area contributed by atoms with Crippen molar-refractivity contribution in [3.8, 4) is 11.5 Å². The summed E-state index contributed by atoms with van der Waals surface area (Å²) >= 11 is 0. The summed E-state index contributed by atoms with van der Waals surface area (Å²) in [5.74, 6) is -1.08. The number of carbonyl (C=O) groups is 2. The van der Waals surface area contributed by atoms with Crippen LogP contribution in [0.2, 0.25) is 0 Å². The van der Waals surface area contributed by atoms with E-state index in [2.05, 4.69) is 0 Å². The molecule has 32 heavy (non-hydrogen) atoms. The van der Waals surface area contributed by atoms with Crippen LogP contribution in [0.4, 0.5) is 11.4 Å². The van der Waals surface area contributed by atoms with Crippen molar-refractivity contribution in [1.82, 2.24) is 0 Å². The molecule has 0 saturated carbocycles. The average Bonchev–Trinajstić information content (AvgIpc) is 3.53. The van der Waals surface area contributed by atoms with Gasteiger partial charge in [0.05, 0.1) is 16.8 Å². The van der Waals surface area contributed by atoms with E-state index in [1.54, 1.807) is 30.3 Å². The van der Waals surface area contributed by atoms with Crippen molar-refractivity contribution in [3.63, 3.8) is 0 Å². The van der Waals surface area contributed by atoms with Crippen LogP contribution in [0.5, 0.6) is 11.5 Å². The molecule has 0 bridgehead atoms. The number of ketones is 1. The largest absolute Gasteiger partial charge is 0.507 e. The number of benzene rings is 2. The highest BCUT2D eigenvalue weighted by Gasteiger charge is 2.48. The molecule has 5 rings (SSSR count). The highest BCUT2D eigenvalue weighted by Crippen LogP contribution is 2.45. The fourth-order valence-corrected chi connectivity index (χ4v) is 3.75. The predicted molar refractivity (Wildman–Crippen MR) is 109 cm³/mol. The molecule has 2 aliphatic rings. The number of ether oxygens (including phenoxy) is 2. The Hall–Kier alpha value is -4.60. The van der Waals surface area contributed by atoms with Crippen LogP contribution in [0.25, 0.3) is 5.76 Å². The van der Waals surface area contributed by atoms with Gasteiger partial charge in [0.15, 0.2) is 11.5 Å². The molecule has 10 nitrogen and oxygen atoms in total. The van der Waals surface area contributed by atoms with Crippen molar-refractivity contribution in [3.05, 3.63) is 87.9 Å². The van der Waals surface area contributed by atoms with Gasteiger partial charge in [0.2, 0.25) is 6.79 Å². The molecule has 1 N–H and O–H groups in total. The van der Waals surface area contributed by atoms with Gasteiger partial charge in [0.25, 0.3) is 17.4 Å². The van der Waals surface area contributed by atoms with Crippen LogP contribution < -0.4 is 14.4 Å². The van der Waals surface area contributed by atoms with Crippen LogP contribution in [0.1, 0.15) is 17.4 Å². The third-order valence-electron chi connectivity index (χ3n) is 5.24. The van der Waals surface area contributed by atoms with Gasteiger partial charge in [0, 0.05) is 29.4 Å². The van der Waals surface area contributed by atoms with Gasteiger partial charge in [-0.25, -0.2) is 0 Å². The zero-order valence-corrected chi connectivity index (χ0v) is 16.3. The average molecular weight is 434 g/mol. The quantitative estimate of drug-likeness (QED) is 0.217. The van der Waals surface area contributed by atoms with E-state index in [9.17, 15) is 24.8 Å². The van der Waals surface area contributed by atoms with E-state index < -0.39 is 28.4 Å². The van der Waals surface area contributed by atoms with Crippen molar-refractivity contribution in [2.75, 3.05) is 11.7 Å². The number of anilines is 1. The Bertz CT molecular complexity index is 1280. The molecule has 0 spiro atoms. The number of fused-ring (bicyclic) bond motifs is 1. The number of hydrogen-bond donors (Lipinski definition) is 1. The topological polar surface area (TPSA) is 132 Å². The van der Waals surface area contributed by atoms with E-state index in [1.807, 2.05) is 0 Å². The zero-order valence-electron chi connectivity index (χ0n) is 16.3. The standard InChI is InChI=1S/C22H14N2O8/c25-20(12-3-5-13(6-4-12)24(28)29)18-19(16-2-1-9-30-16)23(22(27)21(18)26)14-7-8-15-17(10-14)32-11-31-15/h1-10,19,25H,11H2/b20-18-. The van der Waals surface area contributed by atoms with Gasteiger partial charge in [-0.1, -0.05) is 0 Å². The third kappa shape index (κ3) is 2.97. The maximum atomic E-state index is 13.0. The van der Waals surface area contributed by atoms with Crippen molar-refractivity contribution in [1.29, 1.82) is 0 Å². The highest BCUT2D eigenvalue weighted by molar-refractivity contribution is 6.51. The molecule has 3 aromatic rings. The first kappa shape index (κ1) is 19.4. The minimum absolute atomic E-state index is 0.0410. The molecular formula is C22H14N2O8. The van der Waals surface area contributed by atoms with Crippen LogP contribution in [-0.4, -0.2) is 28.5 Å². The number of Topliss-reactive ketones (excluding diaryl/α,β-unsaturated/α-hetero) is 1. The number of nitrogens with zero attached hydrogens (tertiary/aromatic N) is 2. The Morgan fingerprint density at radius 1 is 1.06 bits per heavy atom. The first-order chi connectivity index (χ1) is 15.5. The second kappa shape index (κ2) is 7.27. The Balaban J connectivity index is 1.65. The lowest BCUT2D eigenvalue weighted by atomic mass is 9.99. The van der Waals surface area contributed by atoms with E-state index in [1.165, 1.54) is 35.4 Å². The van der Waals surface area contributed by atoms with Gasteiger partial charge < -0.3 is 19.0 Å². The van der Waals surface area contributed by atoms with Crippen LogP contribution in [0, 0.1) is 10.1 Å². The van der Waals surface area contributed by atoms with Gasteiger partial charge in [-0.2, -0.15) is 0 Å². The smallest absolute Gasteiger partial charge is 0.300 e. The lowest BCUT2D eigenvalue weighted by Gasteiger charge is -2.23. The Morgan fingerprint density at radius 3 is 2.50 bits per heavy atom. The summed E-state index contributed by atoms with van der Waals surface area (Å²) in [6.07, 6.45) is 1.39. The molecule has 10 heteroatoms. The molecule has 2 aromatic carbocycles. The molecule has 2 aliphatic heterocycles. The Morgan fingerprint density at radius 2 is 1.81 bits per heavy atom. The van der Waals surface area contributed by atoms with Gasteiger partial charge in [-0.15, -0.1) is 0 Å². The second-order valence-corrected chi connectivity index (χ2v) is 7.03. The minimum atomic E-state index is -1.06. The molecule has 1 unspecified atom stereocenters. The van der Waals surface area contributed by atoms with Crippen molar-refractivity contribution in [2.24, 2.45) is 0 Å². The number of hydrogen-bond acceptors (Lipinski definition) is 8. The lowest BCUT2D eigenvalue weighted by Crippen LogP contribution is -2.29. The van der Waals surface area contributed by atoms with E-state index in [4.69, 9.17) is 13.9 Å². The molecule has 0 radical (unpaired) electrons. The predicted octanol–water partition coefficient (Wildman–Crippen LogP) is 3.54. The lowest BCUT2D eigenvalue weighted by molar-refractivity contribution is -0.384. The summed E-state index contributed by atoms with van der Waals surface area (Å²) in [6, 6.07) is 11.9. The Kier molecular flexibility index (Phi) is 4.40. The molecule has 1 amide bonds. The second-order valence-electron chi connectivity index (χ2n) is 7.03. The summed E-state index contributed by atoms with van der Waals surface area (Å²) in [5, 5.41) is 21.9. The SMILES string of the molecule is O=C1C(=O)N(c2ccc3c(c2)OCO3)C(c2ccco2)/C1=C(/O)c1ccc([N+](=O)[O-])cc1. The van der Waals surface area contributed by atoms with Crippen molar-refractivity contribution >= 4 is 28.8 Å². The molecule has 1 atom stereocenters. The summed E-state index contributed by atoms with van der Waals surface area (Å²) in [4.78, 5) is 37.6. The number of rotatable bonds is 4. The number of non-ortho nitro benzene ring substituents is 1.